The molecule has 0 atom stereocenters. The van der Waals surface area contributed by atoms with Crippen molar-refractivity contribution in [2.45, 2.75) is 60.3 Å². The van der Waals surface area contributed by atoms with E-state index in [9.17, 15) is 0 Å². The van der Waals surface area contributed by atoms with Crippen molar-refractivity contribution >= 4 is 0 Å². The van der Waals surface area contributed by atoms with E-state index in [4.69, 9.17) is 5.26 Å². The number of hydrogen-bond donors (Lipinski definition) is 0. The molecule has 114 valence electrons. The fraction of sp³-hybridized carbons (Fsp3) is 0.450. The lowest BCUT2D eigenvalue weighted by atomic mass is 10.1. The van der Waals surface area contributed by atoms with Crippen LogP contribution in [0.3, 0.4) is 0 Å². The van der Waals surface area contributed by atoms with Gasteiger partial charge in [-0.1, -0.05) is 47.1 Å². The minimum Gasteiger partial charge on any atom is -0.193 e. The van der Waals surface area contributed by atoms with Crippen LogP contribution in [0.2, 0.25) is 0 Å². The Hall–Kier alpha value is -1.81. The van der Waals surface area contributed by atoms with Gasteiger partial charge in [-0.15, -0.1) is 0 Å². The Morgan fingerprint density at radius 3 is 2.14 bits per heavy atom. The van der Waals surface area contributed by atoms with E-state index in [0.717, 1.165) is 31.3 Å². The Kier molecular flexibility index (Phi) is 10.9. The van der Waals surface area contributed by atoms with Gasteiger partial charge < -0.3 is 0 Å². The minimum atomic E-state index is 0.983. The summed E-state index contributed by atoms with van der Waals surface area (Å²) in [6.45, 7) is 10.6. The summed E-state index contributed by atoms with van der Waals surface area (Å²) in [5.74, 6) is 0. The van der Waals surface area contributed by atoms with Crippen molar-refractivity contribution < 1.29 is 0 Å². The van der Waals surface area contributed by atoms with Crippen LogP contribution in [0.25, 0.3) is 0 Å². The molecule has 0 unspecified atom stereocenters. The Morgan fingerprint density at radius 2 is 1.52 bits per heavy atom. The van der Waals surface area contributed by atoms with Crippen molar-refractivity contribution in [2.24, 2.45) is 0 Å². The highest BCUT2D eigenvalue weighted by Crippen LogP contribution is 2.11. The zero-order valence-electron chi connectivity index (χ0n) is 14.2. The van der Waals surface area contributed by atoms with Gasteiger partial charge in [0, 0.05) is 6.08 Å². The summed E-state index contributed by atoms with van der Waals surface area (Å²) in [6, 6.07) is 2.03. The van der Waals surface area contributed by atoms with Crippen LogP contribution in [0.1, 0.15) is 60.3 Å². The number of rotatable bonds is 8. The third-order valence-electron chi connectivity index (χ3n) is 3.15. The van der Waals surface area contributed by atoms with E-state index in [1.807, 2.05) is 25.1 Å². The summed E-state index contributed by atoms with van der Waals surface area (Å²) in [4.78, 5) is 0. The lowest BCUT2D eigenvalue weighted by molar-refractivity contribution is 0.918. The van der Waals surface area contributed by atoms with Crippen LogP contribution in [-0.2, 0) is 0 Å². The van der Waals surface area contributed by atoms with Crippen molar-refractivity contribution in [3.8, 4) is 6.07 Å². The maximum Gasteiger partial charge on any atom is 0.0914 e. The average molecular weight is 283 g/mol. The van der Waals surface area contributed by atoms with E-state index >= 15 is 0 Å². The van der Waals surface area contributed by atoms with Gasteiger partial charge in [-0.2, -0.15) is 5.26 Å². The molecule has 0 rings (SSSR count). The van der Waals surface area contributed by atoms with Crippen LogP contribution in [0.4, 0.5) is 0 Å². The maximum absolute atomic E-state index is 8.52. The Balaban J connectivity index is 4.13. The van der Waals surface area contributed by atoms with E-state index in [1.54, 1.807) is 6.08 Å². The second kappa shape index (κ2) is 12.0. The molecule has 0 aliphatic heterocycles. The van der Waals surface area contributed by atoms with Crippen molar-refractivity contribution in [1.82, 2.24) is 0 Å². The predicted octanol–water partition coefficient (Wildman–Crippen LogP) is 6.43. The summed E-state index contributed by atoms with van der Waals surface area (Å²) >= 11 is 0. The monoisotopic (exact) mass is 283 g/mol. The van der Waals surface area contributed by atoms with Crippen LogP contribution in [0.5, 0.6) is 0 Å². The minimum absolute atomic E-state index is 0.983. The van der Waals surface area contributed by atoms with Gasteiger partial charge in [-0.25, -0.2) is 0 Å². The largest absolute Gasteiger partial charge is 0.193 e. The molecule has 0 fully saturated rings. The van der Waals surface area contributed by atoms with Gasteiger partial charge in [0.2, 0.25) is 0 Å². The summed E-state index contributed by atoms with van der Waals surface area (Å²) in [6.07, 6.45) is 16.8. The normalized spacial score (nSPS) is 13.4. The van der Waals surface area contributed by atoms with Gasteiger partial charge in [-0.3, -0.25) is 0 Å². The molecule has 0 N–H and O–H groups in total. The third-order valence-corrected chi connectivity index (χ3v) is 3.15. The van der Waals surface area contributed by atoms with E-state index in [-0.39, 0.29) is 0 Å². The number of hydrogen-bond acceptors (Lipinski definition) is 1. The molecule has 0 aliphatic rings. The molecule has 1 heteroatoms. The van der Waals surface area contributed by atoms with Gasteiger partial charge in [0.05, 0.1) is 6.07 Å². The zero-order valence-corrected chi connectivity index (χ0v) is 14.2. The van der Waals surface area contributed by atoms with Crippen LogP contribution in [-0.4, -0.2) is 0 Å². The molecular weight excluding hydrogens is 254 g/mol. The van der Waals surface area contributed by atoms with E-state index in [1.165, 1.54) is 16.7 Å². The van der Waals surface area contributed by atoms with E-state index in [0.29, 0.717) is 0 Å². The second-order valence-corrected chi connectivity index (χ2v) is 5.80. The Labute approximate surface area is 131 Å². The Morgan fingerprint density at radius 1 is 0.905 bits per heavy atom. The molecule has 0 spiro atoms. The summed E-state index contributed by atoms with van der Waals surface area (Å²) in [5.41, 5.74) is 5.22. The SMILES string of the molecule is CC(C)=CCCC(C)=CCCC(C)=CC=CC(C)=CC#N. The number of allylic oxidation sites excluding steroid dienone is 10. The highest BCUT2D eigenvalue weighted by molar-refractivity contribution is 5.26. The first-order valence-electron chi connectivity index (χ1n) is 7.65. The van der Waals surface area contributed by atoms with Gasteiger partial charge in [0.25, 0.3) is 0 Å². The molecule has 21 heavy (non-hydrogen) atoms. The maximum atomic E-state index is 8.52. The van der Waals surface area contributed by atoms with Crippen LogP contribution in [0.15, 0.2) is 58.7 Å². The molecule has 1 nitrogen and oxygen atoms in total. The summed E-state index contributed by atoms with van der Waals surface area (Å²) in [7, 11) is 0. The molecule has 0 aliphatic carbocycles. The molecule has 0 saturated carbocycles. The summed E-state index contributed by atoms with van der Waals surface area (Å²) < 4.78 is 0. The smallest absolute Gasteiger partial charge is 0.0914 e. The van der Waals surface area contributed by atoms with E-state index < -0.39 is 0 Å². The van der Waals surface area contributed by atoms with Crippen LogP contribution in [0, 0.1) is 11.3 Å². The fourth-order valence-corrected chi connectivity index (χ4v) is 1.83. The number of nitriles is 1. The first kappa shape index (κ1) is 19.2. The summed E-state index contributed by atoms with van der Waals surface area (Å²) in [5, 5.41) is 8.52. The molecule has 0 aromatic carbocycles. The van der Waals surface area contributed by atoms with Gasteiger partial charge in [0.15, 0.2) is 0 Å². The lowest BCUT2D eigenvalue weighted by Crippen LogP contribution is -1.80. The quantitative estimate of drug-likeness (QED) is 0.286. The molecule has 0 aromatic heterocycles. The number of nitrogens with zero attached hydrogens (tertiary/aromatic N) is 1. The van der Waals surface area contributed by atoms with Crippen molar-refractivity contribution in [1.29, 1.82) is 5.26 Å². The first-order valence-corrected chi connectivity index (χ1v) is 7.65. The fourth-order valence-electron chi connectivity index (χ4n) is 1.83. The first-order chi connectivity index (χ1) is 9.95. The van der Waals surface area contributed by atoms with Crippen molar-refractivity contribution in [3.05, 3.63) is 58.7 Å². The average Bonchev–Trinajstić information content (AvgIpc) is 2.38. The van der Waals surface area contributed by atoms with Gasteiger partial charge >= 0.3 is 0 Å². The molecular formula is C20H29N. The Bertz CT molecular complexity index is 486. The van der Waals surface area contributed by atoms with Crippen molar-refractivity contribution in [3.63, 3.8) is 0 Å². The van der Waals surface area contributed by atoms with Crippen molar-refractivity contribution in [2.75, 3.05) is 0 Å². The van der Waals surface area contributed by atoms with Crippen LogP contribution < -0.4 is 0 Å². The second-order valence-electron chi connectivity index (χ2n) is 5.80. The third kappa shape index (κ3) is 12.9. The highest BCUT2D eigenvalue weighted by atomic mass is 14.2. The molecule has 0 amide bonds. The standard InChI is InChI=1S/C20H29N/c1-17(2)9-6-10-18(3)11-7-12-19(4)13-8-14-20(5)15-16-21/h8-9,11,13-15H,6-7,10,12H2,1-5H3. The predicted molar refractivity (Wildman–Crippen MR) is 93.9 cm³/mol. The van der Waals surface area contributed by atoms with Gasteiger partial charge in [0.1, 0.15) is 0 Å². The molecule has 0 aromatic rings. The van der Waals surface area contributed by atoms with Gasteiger partial charge in [-0.05, 0) is 65.9 Å². The molecule has 0 saturated heterocycles. The van der Waals surface area contributed by atoms with E-state index in [2.05, 4.69) is 45.9 Å². The van der Waals surface area contributed by atoms with Crippen LogP contribution >= 0.6 is 0 Å². The lowest BCUT2D eigenvalue weighted by Gasteiger charge is -2.00. The molecule has 0 heterocycles. The molecule has 0 radical (unpaired) electrons. The topological polar surface area (TPSA) is 23.8 Å². The zero-order chi connectivity index (χ0) is 16.1. The highest BCUT2D eigenvalue weighted by Gasteiger charge is 1.91. The molecule has 0 bridgehead atoms.